The minimum Gasteiger partial charge on any atom is -0.330 e. The Morgan fingerprint density at radius 3 is 2.72 bits per heavy atom. The summed E-state index contributed by atoms with van der Waals surface area (Å²) >= 11 is 0. The molecule has 1 aromatic carbocycles. The SMILES string of the molecule is C=Cc1cccc(C(C)C(CCN)CCCC)c1. The van der Waals surface area contributed by atoms with Crippen molar-refractivity contribution in [3.05, 3.63) is 42.0 Å². The summed E-state index contributed by atoms with van der Waals surface area (Å²) in [4.78, 5) is 0. The monoisotopic (exact) mass is 245 g/mol. The summed E-state index contributed by atoms with van der Waals surface area (Å²) in [6, 6.07) is 8.72. The standard InChI is InChI=1S/C17H27N/c1-4-6-9-16(11-12-18)14(3)17-10-7-8-15(5-2)13-17/h5,7-8,10,13-14,16H,2,4,6,9,11-12,18H2,1,3H3. The molecule has 0 aliphatic rings. The molecule has 0 aromatic heterocycles. The third-order valence-electron chi connectivity index (χ3n) is 3.85. The Morgan fingerprint density at radius 1 is 1.33 bits per heavy atom. The first kappa shape index (κ1) is 15.0. The third kappa shape index (κ3) is 4.30. The molecule has 1 rings (SSSR count). The van der Waals surface area contributed by atoms with Gasteiger partial charge in [0.05, 0.1) is 0 Å². The van der Waals surface area contributed by atoms with Crippen LogP contribution in [0.25, 0.3) is 6.08 Å². The lowest BCUT2D eigenvalue weighted by molar-refractivity contribution is 0.380. The van der Waals surface area contributed by atoms with Gasteiger partial charge in [0.1, 0.15) is 0 Å². The van der Waals surface area contributed by atoms with Gasteiger partial charge in [-0.25, -0.2) is 0 Å². The molecule has 2 atom stereocenters. The van der Waals surface area contributed by atoms with E-state index in [4.69, 9.17) is 5.73 Å². The first-order valence-electron chi connectivity index (χ1n) is 7.15. The van der Waals surface area contributed by atoms with Crippen LogP contribution in [0.1, 0.15) is 56.6 Å². The van der Waals surface area contributed by atoms with E-state index >= 15 is 0 Å². The van der Waals surface area contributed by atoms with Gasteiger partial charge >= 0.3 is 0 Å². The van der Waals surface area contributed by atoms with Crippen molar-refractivity contribution in [1.82, 2.24) is 0 Å². The molecular formula is C17H27N. The van der Waals surface area contributed by atoms with Gasteiger partial charge in [-0.05, 0) is 42.3 Å². The summed E-state index contributed by atoms with van der Waals surface area (Å²) in [5.74, 6) is 1.29. The van der Waals surface area contributed by atoms with Crippen molar-refractivity contribution in [2.45, 2.75) is 45.4 Å². The largest absolute Gasteiger partial charge is 0.330 e. The molecule has 0 fully saturated rings. The Bertz CT molecular complexity index is 356. The van der Waals surface area contributed by atoms with E-state index in [2.05, 4.69) is 44.7 Å². The van der Waals surface area contributed by atoms with Crippen molar-refractivity contribution in [2.75, 3.05) is 6.54 Å². The maximum absolute atomic E-state index is 5.76. The van der Waals surface area contributed by atoms with E-state index in [-0.39, 0.29) is 0 Å². The highest BCUT2D eigenvalue weighted by Gasteiger charge is 2.17. The van der Waals surface area contributed by atoms with Crippen LogP contribution in [0.3, 0.4) is 0 Å². The second kappa shape index (κ2) is 8.10. The second-order valence-corrected chi connectivity index (χ2v) is 5.14. The second-order valence-electron chi connectivity index (χ2n) is 5.14. The Hall–Kier alpha value is -1.08. The van der Waals surface area contributed by atoms with Crippen molar-refractivity contribution in [1.29, 1.82) is 0 Å². The van der Waals surface area contributed by atoms with Crippen molar-refractivity contribution < 1.29 is 0 Å². The lowest BCUT2D eigenvalue weighted by Gasteiger charge is -2.24. The number of hydrogen-bond acceptors (Lipinski definition) is 1. The van der Waals surface area contributed by atoms with Crippen molar-refractivity contribution in [3.8, 4) is 0 Å². The summed E-state index contributed by atoms with van der Waals surface area (Å²) in [6.45, 7) is 9.22. The van der Waals surface area contributed by atoms with Gasteiger partial charge in [0, 0.05) is 0 Å². The minimum atomic E-state index is 0.583. The molecule has 0 aliphatic carbocycles. The van der Waals surface area contributed by atoms with Crippen LogP contribution in [0.5, 0.6) is 0 Å². The lowest BCUT2D eigenvalue weighted by Crippen LogP contribution is -2.15. The topological polar surface area (TPSA) is 26.0 Å². The number of nitrogens with two attached hydrogens (primary N) is 1. The van der Waals surface area contributed by atoms with Gasteiger partial charge in [0.2, 0.25) is 0 Å². The first-order chi connectivity index (χ1) is 8.72. The number of unbranched alkanes of at least 4 members (excludes halogenated alkanes) is 1. The van der Waals surface area contributed by atoms with E-state index in [1.54, 1.807) is 0 Å². The van der Waals surface area contributed by atoms with Crippen molar-refractivity contribution >= 4 is 6.08 Å². The zero-order valence-corrected chi connectivity index (χ0v) is 11.9. The van der Waals surface area contributed by atoms with Gasteiger partial charge in [-0.2, -0.15) is 0 Å². The Morgan fingerprint density at radius 2 is 2.11 bits per heavy atom. The maximum Gasteiger partial charge on any atom is -0.00744 e. The van der Waals surface area contributed by atoms with E-state index in [0.717, 1.165) is 13.0 Å². The van der Waals surface area contributed by atoms with Crippen molar-refractivity contribution in [2.24, 2.45) is 11.7 Å². The van der Waals surface area contributed by atoms with E-state index in [1.807, 2.05) is 6.08 Å². The zero-order chi connectivity index (χ0) is 13.4. The summed E-state index contributed by atoms with van der Waals surface area (Å²) in [7, 11) is 0. The summed E-state index contributed by atoms with van der Waals surface area (Å²) < 4.78 is 0. The van der Waals surface area contributed by atoms with Crippen LogP contribution in [0.2, 0.25) is 0 Å². The predicted molar refractivity (Wildman–Crippen MR) is 81.6 cm³/mol. The molecule has 100 valence electrons. The molecule has 0 aliphatic heterocycles. The number of hydrogen-bond donors (Lipinski definition) is 1. The molecule has 1 nitrogen and oxygen atoms in total. The fourth-order valence-electron chi connectivity index (χ4n) is 2.57. The molecule has 2 unspecified atom stereocenters. The summed E-state index contributed by atoms with van der Waals surface area (Å²) in [5.41, 5.74) is 8.38. The molecule has 0 heterocycles. The first-order valence-corrected chi connectivity index (χ1v) is 7.15. The molecule has 1 heteroatoms. The number of benzene rings is 1. The molecule has 0 spiro atoms. The Kier molecular flexibility index (Phi) is 6.74. The van der Waals surface area contributed by atoms with E-state index in [1.165, 1.54) is 30.4 Å². The van der Waals surface area contributed by atoms with Gasteiger partial charge in [-0.1, -0.05) is 63.6 Å². The smallest absolute Gasteiger partial charge is 0.00744 e. The highest BCUT2D eigenvalue weighted by molar-refractivity contribution is 5.48. The highest BCUT2D eigenvalue weighted by atomic mass is 14.5. The molecule has 18 heavy (non-hydrogen) atoms. The maximum atomic E-state index is 5.76. The summed E-state index contributed by atoms with van der Waals surface area (Å²) in [5, 5.41) is 0. The van der Waals surface area contributed by atoms with Gasteiger partial charge in [-0.3, -0.25) is 0 Å². The molecule has 0 saturated carbocycles. The average molecular weight is 245 g/mol. The van der Waals surface area contributed by atoms with Gasteiger partial charge < -0.3 is 5.73 Å². The van der Waals surface area contributed by atoms with Gasteiger partial charge in [0.25, 0.3) is 0 Å². The van der Waals surface area contributed by atoms with Crippen LogP contribution < -0.4 is 5.73 Å². The number of rotatable bonds is 8. The van der Waals surface area contributed by atoms with Crippen LogP contribution >= 0.6 is 0 Å². The van der Waals surface area contributed by atoms with E-state index < -0.39 is 0 Å². The predicted octanol–water partition coefficient (Wildman–Crippen LogP) is 4.59. The summed E-state index contributed by atoms with van der Waals surface area (Å²) in [6.07, 6.45) is 6.89. The fourth-order valence-corrected chi connectivity index (χ4v) is 2.57. The minimum absolute atomic E-state index is 0.583. The molecular weight excluding hydrogens is 218 g/mol. The third-order valence-corrected chi connectivity index (χ3v) is 3.85. The van der Waals surface area contributed by atoms with Crippen LogP contribution in [0, 0.1) is 5.92 Å². The fraction of sp³-hybridized carbons (Fsp3) is 0.529. The Labute approximate surface area is 112 Å². The molecule has 1 aromatic rings. The normalized spacial score (nSPS) is 14.2. The Balaban J connectivity index is 2.79. The zero-order valence-electron chi connectivity index (χ0n) is 11.9. The average Bonchev–Trinajstić information content (AvgIpc) is 2.42. The van der Waals surface area contributed by atoms with Crippen molar-refractivity contribution in [3.63, 3.8) is 0 Å². The van der Waals surface area contributed by atoms with Crippen LogP contribution in [-0.4, -0.2) is 6.54 Å². The van der Waals surface area contributed by atoms with Gasteiger partial charge in [0.15, 0.2) is 0 Å². The lowest BCUT2D eigenvalue weighted by atomic mass is 9.82. The van der Waals surface area contributed by atoms with Gasteiger partial charge in [-0.15, -0.1) is 0 Å². The quantitative estimate of drug-likeness (QED) is 0.712. The van der Waals surface area contributed by atoms with E-state index in [0.29, 0.717) is 11.8 Å². The van der Waals surface area contributed by atoms with Crippen LogP contribution in [0.15, 0.2) is 30.8 Å². The van der Waals surface area contributed by atoms with E-state index in [9.17, 15) is 0 Å². The highest BCUT2D eigenvalue weighted by Crippen LogP contribution is 2.31. The molecule has 0 radical (unpaired) electrons. The molecule has 0 amide bonds. The van der Waals surface area contributed by atoms with Crippen LogP contribution in [-0.2, 0) is 0 Å². The van der Waals surface area contributed by atoms with Crippen LogP contribution in [0.4, 0.5) is 0 Å². The molecule has 0 saturated heterocycles. The molecule has 2 N–H and O–H groups in total. The molecule has 0 bridgehead atoms.